The van der Waals surface area contributed by atoms with Gasteiger partial charge in [-0.1, -0.05) is 6.42 Å². The molecule has 2 rings (SSSR count). The first-order chi connectivity index (χ1) is 11.1. The highest BCUT2D eigenvalue weighted by Gasteiger charge is 2.25. The van der Waals surface area contributed by atoms with E-state index in [1.807, 2.05) is 0 Å². The van der Waals surface area contributed by atoms with Crippen LogP contribution in [-0.4, -0.2) is 31.6 Å². The van der Waals surface area contributed by atoms with Crippen molar-refractivity contribution in [2.24, 2.45) is 11.7 Å². The van der Waals surface area contributed by atoms with Crippen molar-refractivity contribution in [2.45, 2.75) is 38.1 Å². The number of ether oxygens (including phenoxy) is 2. The molecular formula is C17H25ClN2O4. The minimum absolute atomic E-state index is 0. The third-order valence-electron chi connectivity index (χ3n) is 4.11. The van der Waals surface area contributed by atoms with Crippen LogP contribution in [0.25, 0.3) is 0 Å². The summed E-state index contributed by atoms with van der Waals surface area (Å²) < 4.78 is 9.97. The number of carbonyl (C=O) groups is 2. The van der Waals surface area contributed by atoms with Gasteiger partial charge in [0, 0.05) is 18.2 Å². The van der Waals surface area contributed by atoms with E-state index in [1.165, 1.54) is 7.11 Å². The second-order valence-corrected chi connectivity index (χ2v) is 5.81. The van der Waals surface area contributed by atoms with E-state index in [4.69, 9.17) is 10.5 Å². The van der Waals surface area contributed by atoms with Crippen molar-refractivity contribution in [3.05, 3.63) is 24.3 Å². The standard InChI is InChI=1S/C17H24N2O4.ClH/c1-22-17(21)9-10-23-14-7-5-13(6-8-14)19-16(20)11-12-3-2-4-15(12)18;/h5-8,12,15H,2-4,9-11,18H2,1H3,(H,19,20);1H/t12-,15+;/m0./s1. The van der Waals surface area contributed by atoms with Crippen molar-refractivity contribution in [1.82, 2.24) is 0 Å². The van der Waals surface area contributed by atoms with Gasteiger partial charge in [-0.3, -0.25) is 9.59 Å². The van der Waals surface area contributed by atoms with Crippen LogP contribution in [0.3, 0.4) is 0 Å². The van der Waals surface area contributed by atoms with Crippen LogP contribution in [0.15, 0.2) is 24.3 Å². The summed E-state index contributed by atoms with van der Waals surface area (Å²) in [5.74, 6) is 0.617. The highest BCUT2D eigenvalue weighted by atomic mass is 35.5. The highest BCUT2D eigenvalue weighted by Crippen LogP contribution is 2.27. The van der Waals surface area contributed by atoms with E-state index in [2.05, 4.69) is 10.1 Å². The number of esters is 1. The maximum absolute atomic E-state index is 12.0. The molecule has 0 radical (unpaired) electrons. The summed E-state index contributed by atoms with van der Waals surface area (Å²) >= 11 is 0. The lowest BCUT2D eigenvalue weighted by Crippen LogP contribution is -2.28. The Kier molecular flexibility index (Phi) is 8.57. The SMILES string of the molecule is COC(=O)CCOc1ccc(NC(=O)C[C@@H]2CCC[C@H]2N)cc1.Cl. The minimum Gasteiger partial charge on any atom is -0.493 e. The van der Waals surface area contributed by atoms with Gasteiger partial charge in [0.05, 0.1) is 20.1 Å². The van der Waals surface area contributed by atoms with E-state index in [-0.39, 0.29) is 49.3 Å². The fourth-order valence-electron chi connectivity index (χ4n) is 2.76. The monoisotopic (exact) mass is 356 g/mol. The predicted molar refractivity (Wildman–Crippen MR) is 94.4 cm³/mol. The zero-order chi connectivity index (χ0) is 16.7. The summed E-state index contributed by atoms with van der Waals surface area (Å²) in [5.41, 5.74) is 6.71. The van der Waals surface area contributed by atoms with Gasteiger partial charge in [-0.25, -0.2) is 0 Å². The third kappa shape index (κ3) is 6.37. The van der Waals surface area contributed by atoms with E-state index in [1.54, 1.807) is 24.3 Å². The van der Waals surface area contributed by atoms with Crippen LogP contribution in [0.1, 0.15) is 32.1 Å². The molecule has 24 heavy (non-hydrogen) atoms. The number of halogens is 1. The van der Waals surface area contributed by atoms with Crippen LogP contribution < -0.4 is 15.8 Å². The average molecular weight is 357 g/mol. The minimum atomic E-state index is -0.306. The Hall–Kier alpha value is -1.79. The molecule has 0 bridgehead atoms. The smallest absolute Gasteiger partial charge is 0.308 e. The molecule has 1 aromatic carbocycles. The number of hydrogen-bond acceptors (Lipinski definition) is 5. The average Bonchev–Trinajstić information content (AvgIpc) is 2.93. The van der Waals surface area contributed by atoms with E-state index < -0.39 is 0 Å². The number of nitrogens with two attached hydrogens (primary N) is 1. The van der Waals surface area contributed by atoms with E-state index in [0.29, 0.717) is 12.2 Å². The number of benzene rings is 1. The van der Waals surface area contributed by atoms with Gasteiger partial charge >= 0.3 is 5.97 Å². The van der Waals surface area contributed by atoms with Crippen LogP contribution in [0.5, 0.6) is 5.75 Å². The molecule has 1 fully saturated rings. The molecular weight excluding hydrogens is 332 g/mol. The fourth-order valence-corrected chi connectivity index (χ4v) is 2.76. The third-order valence-corrected chi connectivity index (χ3v) is 4.11. The highest BCUT2D eigenvalue weighted by molar-refractivity contribution is 5.90. The Bertz CT molecular complexity index is 536. The lowest BCUT2D eigenvalue weighted by molar-refractivity contribution is -0.141. The normalized spacial score (nSPS) is 19.2. The van der Waals surface area contributed by atoms with Gasteiger partial charge in [-0.05, 0) is 43.0 Å². The lowest BCUT2D eigenvalue weighted by Gasteiger charge is -2.15. The molecule has 7 heteroatoms. The quantitative estimate of drug-likeness (QED) is 0.732. The molecule has 3 N–H and O–H groups in total. The molecule has 0 aliphatic heterocycles. The van der Waals surface area contributed by atoms with Crippen molar-refractivity contribution in [1.29, 1.82) is 0 Å². The second-order valence-electron chi connectivity index (χ2n) is 5.81. The number of carbonyl (C=O) groups excluding carboxylic acids is 2. The topological polar surface area (TPSA) is 90.6 Å². The first-order valence-electron chi connectivity index (χ1n) is 7.93. The molecule has 1 saturated carbocycles. The van der Waals surface area contributed by atoms with Crippen LogP contribution in [0, 0.1) is 5.92 Å². The lowest BCUT2D eigenvalue weighted by atomic mass is 10.00. The van der Waals surface area contributed by atoms with Crippen molar-refractivity contribution in [2.75, 3.05) is 19.0 Å². The van der Waals surface area contributed by atoms with Gasteiger partial charge in [0.15, 0.2) is 0 Å². The zero-order valence-electron chi connectivity index (χ0n) is 13.8. The van der Waals surface area contributed by atoms with Gasteiger partial charge in [0.25, 0.3) is 0 Å². The molecule has 0 aromatic heterocycles. The second kappa shape index (κ2) is 10.2. The van der Waals surface area contributed by atoms with Crippen LogP contribution in [0.2, 0.25) is 0 Å². The molecule has 1 aliphatic carbocycles. The van der Waals surface area contributed by atoms with Crippen LogP contribution in [0.4, 0.5) is 5.69 Å². The van der Waals surface area contributed by atoms with E-state index >= 15 is 0 Å². The first-order valence-corrected chi connectivity index (χ1v) is 7.93. The molecule has 134 valence electrons. The predicted octanol–water partition coefficient (Wildman–Crippen LogP) is 2.51. The molecule has 0 unspecified atom stereocenters. The number of anilines is 1. The largest absolute Gasteiger partial charge is 0.493 e. The molecule has 0 spiro atoms. The Morgan fingerprint density at radius 1 is 1.25 bits per heavy atom. The van der Waals surface area contributed by atoms with Gasteiger partial charge < -0.3 is 20.5 Å². The maximum Gasteiger partial charge on any atom is 0.308 e. The van der Waals surface area contributed by atoms with Crippen molar-refractivity contribution >= 4 is 30.0 Å². The van der Waals surface area contributed by atoms with Crippen LogP contribution >= 0.6 is 12.4 Å². The number of methoxy groups -OCH3 is 1. The Morgan fingerprint density at radius 3 is 2.54 bits per heavy atom. The fraction of sp³-hybridized carbons (Fsp3) is 0.529. The molecule has 1 aromatic rings. The first kappa shape index (κ1) is 20.3. The summed E-state index contributed by atoms with van der Waals surface area (Å²) in [5, 5.41) is 2.88. The molecule has 0 saturated heterocycles. The number of rotatable bonds is 7. The molecule has 1 amide bonds. The summed E-state index contributed by atoms with van der Waals surface area (Å²) in [6.45, 7) is 0.262. The molecule has 6 nitrogen and oxygen atoms in total. The van der Waals surface area contributed by atoms with Gasteiger partial charge in [0.2, 0.25) is 5.91 Å². The summed E-state index contributed by atoms with van der Waals surface area (Å²) in [6.07, 6.45) is 3.82. The summed E-state index contributed by atoms with van der Waals surface area (Å²) in [4.78, 5) is 23.0. The van der Waals surface area contributed by atoms with Gasteiger partial charge in [-0.2, -0.15) is 0 Å². The Balaban J connectivity index is 0.00000288. The van der Waals surface area contributed by atoms with Crippen molar-refractivity contribution in [3.63, 3.8) is 0 Å². The van der Waals surface area contributed by atoms with Gasteiger partial charge in [-0.15, -0.1) is 12.4 Å². The Labute approximate surface area is 148 Å². The Morgan fingerprint density at radius 2 is 1.96 bits per heavy atom. The molecule has 1 aliphatic rings. The number of hydrogen-bond donors (Lipinski definition) is 2. The molecule has 2 atom stereocenters. The summed E-state index contributed by atoms with van der Waals surface area (Å²) in [7, 11) is 1.35. The summed E-state index contributed by atoms with van der Waals surface area (Å²) in [6, 6.07) is 7.22. The van der Waals surface area contributed by atoms with Crippen molar-refractivity contribution in [3.8, 4) is 5.75 Å². The van der Waals surface area contributed by atoms with E-state index in [9.17, 15) is 9.59 Å². The van der Waals surface area contributed by atoms with E-state index in [0.717, 1.165) is 24.9 Å². The number of nitrogens with one attached hydrogen (secondary N) is 1. The zero-order valence-corrected chi connectivity index (χ0v) is 14.6. The van der Waals surface area contributed by atoms with Crippen molar-refractivity contribution < 1.29 is 19.1 Å². The van der Waals surface area contributed by atoms with Gasteiger partial charge in [0.1, 0.15) is 5.75 Å². The number of amides is 1. The van der Waals surface area contributed by atoms with Crippen LogP contribution in [-0.2, 0) is 14.3 Å². The molecule has 0 heterocycles. The maximum atomic E-state index is 12.0.